The van der Waals surface area contributed by atoms with Crippen LogP contribution in [0.25, 0.3) is 0 Å². The molecule has 1 fully saturated rings. The van der Waals surface area contributed by atoms with Crippen LogP contribution in [0, 0.1) is 0 Å². The van der Waals surface area contributed by atoms with Gasteiger partial charge in [0.1, 0.15) is 11.6 Å². The fraction of sp³-hybridized carbons (Fsp3) is 0.381. The molecule has 0 amide bonds. The molecule has 2 aliphatic heterocycles. The summed E-state index contributed by atoms with van der Waals surface area (Å²) in [6.07, 6.45) is 2.16. The van der Waals surface area contributed by atoms with Gasteiger partial charge in [0.25, 0.3) is 0 Å². The van der Waals surface area contributed by atoms with E-state index in [1.54, 1.807) is 0 Å². The number of fused-ring (bicyclic) bond motifs is 1. The van der Waals surface area contributed by atoms with Crippen molar-refractivity contribution in [2.24, 2.45) is 0 Å². The van der Waals surface area contributed by atoms with Crippen LogP contribution in [0.5, 0.6) is 0 Å². The third-order valence-electron chi connectivity index (χ3n) is 5.78. The Morgan fingerprint density at radius 1 is 1.17 bits per heavy atom. The Balaban J connectivity index is 1.68. The maximum Gasteiger partial charge on any atom is 0.229 e. The van der Waals surface area contributed by atoms with E-state index in [0.29, 0.717) is 42.2 Å². The molecule has 0 spiro atoms. The SMILES string of the molecule is Nc1nc(N2CCOCC2)nc2c1[C@H](c1ccccc1Cl)C1=C(CCCC1=O)N2. The highest BCUT2D eigenvalue weighted by Gasteiger charge is 2.38. The molecule has 1 saturated heterocycles. The number of aromatic nitrogens is 2. The van der Waals surface area contributed by atoms with Crippen molar-refractivity contribution in [1.82, 2.24) is 9.97 Å². The standard InChI is InChI=1S/C21H22ClN5O2/c22-13-5-2-1-4-12(13)16-17-14(6-3-7-15(17)28)24-20-18(16)19(23)25-21(26-20)27-8-10-29-11-9-27/h1-2,4-5,16H,3,6-11H2,(H3,23,24,25,26)/t16-/m1/s1. The Hall–Kier alpha value is -2.64. The number of Topliss-reactive ketones (excluding diaryl/α,β-unsaturated/α-hetero) is 1. The normalized spacial score (nSPS) is 21.5. The molecule has 2 aromatic rings. The summed E-state index contributed by atoms with van der Waals surface area (Å²) in [5.74, 6) is 1.39. The molecule has 8 heteroatoms. The average Bonchev–Trinajstić information content (AvgIpc) is 2.73. The quantitative estimate of drug-likeness (QED) is 0.784. The van der Waals surface area contributed by atoms with Gasteiger partial charge < -0.3 is 20.7 Å². The van der Waals surface area contributed by atoms with Gasteiger partial charge in [0.15, 0.2) is 5.78 Å². The number of rotatable bonds is 2. The molecular formula is C21H22ClN5O2. The van der Waals surface area contributed by atoms with Gasteiger partial charge in [0.2, 0.25) is 5.95 Å². The molecule has 29 heavy (non-hydrogen) atoms. The molecule has 1 aromatic carbocycles. The molecule has 5 rings (SSSR count). The van der Waals surface area contributed by atoms with Crippen LogP contribution in [0.3, 0.4) is 0 Å². The molecule has 3 aliphatic rings. The second kappa shape index (κ2) is 7.31. The van der Waals surface area contributed by atoms with E-state index < -0.39 is 0 Å². The smallest absolute Gasteiger partial charge is 0.229 e. The zero-order valence-electron chi connectivity index (χ0n) is 15.9. The summed E-state index contributed by atoms with van der Waals surface area (Å²) in [6.45, 7) is 2.72. The van der Waals surface area contributed by atoms with Crippen molar-refractivity contribution in [1.29, 1.82) is 0 Å². The lowest BCUT2D eigenvalue weighted by atomic mass is 9.76. The van der Waals surface area contributed by atoms with Crippen molar-refractivity contribution in [3.8, 4) is 0 Å². The average molecular weight is 412 g/mol. The van der Waals surface area contributed by atoms with Gasteiger partial charge in [-0.05, 0) is 24.5 Å². The van der Waals surface area contributed by atoms with Gasteiger partial charge in [-0.3, -0.25) is 4.79 Å². The van der Waals surface area contributed by atoms with Gasteiger partial charge >= 0.3 is 0 Å². The van der Waals surface area contributed by atoms with E-state index >= 15 is 0 Å². The van der Waals surface area contributed by atoms with E-state index in [0.717, 1.165) is 48.3 Å². The van der Waals surface area contributed by atoms with Crippen molar-refractivity contribution < 1.29 is 9.53 Å². The molecule has 3 heterocycles. The summed E-state index contributed by atoms with van der Waals surface area (Å²) in [7, 11) is 0. The molecule has 3 N–H and O–H groups in total. The molecule has 0 saturated carbocycles. The third-order valence-corrected chi connectivity index (χ3v) is 6.12. The van der Waals surface area contributed by atoms with Crippen molar-refractivity contribution in [2.45, 2.75) is 25.2 Å². The molecular weight excluding hydrogens is 390 g/mol. The Morgan fingerprint density at radius 3 is 2.76 bits per heavy atom. The highest BCUT2D eigenvalue weighted by atomic mass is 35.5. The molecule has 0 radical (unpaired) electrons. The maximum absolute atomic E-state index is 12.9. The number of carbonyl (C=O) groups excluding carboxylic acids is 1. The number of nitrogen functional groups attached to an aromatic ring is 1. The van der Waals surface area contributed by atoms with E-state index in [2.05, 4.69) is 15.2 Å². The highest BCUT2D eigenvalue weighted by Crippen LogP contribution is 2.48. The van der Waals surface area contributed by atoms with Crippen molar-refractivity contribution in [3.05, 3.63) is 51.7 Å². The van der Waals surface area contributed by atoms with Gasteiger partial charge in [0, 0.05) is 47.3 Å². The number of hydrogen-bond donors (Lipinski definition) is 2. The molecule has 150 valence electrons. The van der Waals surface area contributed by atoms with Crippen molar-refractivity contribution in [3.63, 3.8) is 0 Å². The number of morpholine rings is 1. The number of halogens is 1. The van der Waals surface area contributed by atoms with Gasteiger partial charge in [-0.1, -0.05) is 29.8 Å². The Morgan fingerprint density at radius 2 is 1.97 bits per heavy atom. The van der Waals surface area contributed by atoms with Crippen LogP contribution < -0.4 is 16.0 Å². The van der Waals surface area contributed by atoms with E-state index in [1.807, 2.05) is 24.3 Å². The maximum atomic E-state index is 12.9. The topological polar surface area (TPSA) is 93.4 Å². The lowest BCUT2D eigenvalue weighted by Gasteiger charge is -2.35. The van der Waals surface area contributed by atoms with Crippen LogP contribution in [0.1, 0.15) is 36.3 Å². The summed E-state index contributed by atoms with van der Waals surface area (Å²) in [5, 5.41) is 4.00. The van der Waals surface area contributed by atoms with E-state index in [4.69, 9.17) is 27.1 Å². The minimum absolute atomic E-state index is 0.131. The first-order valence-electron chi connectivity index (χ1n) is 9.91. The van der Waals surface area contributed by atoms with E-state index in [1.165, 1.54) is 0 Å². The van der Waals surface area contributed by atoms with E-state index in [-0.39, 0.29) is 11.7 Å². The number of nitrogens with one attached hydrogen (secondary N) is 1. The summed E-state index contributed by atoms with van der Waals surface area (Å²) in [6, 6.07) is 7.60. The van der Waals surface area contributed by atoms with Gasteiger partial charge in [-0.2, -0.15) is 9.97 Å². The predicted molar refractivity (Wildman–Crippen MR) is 112 cm³/mol. The Labute approximate surface area is 173 Å². The largest absolute Gasteiger partial charge is 0.383 e. The summed E-state index contributed by atoms with van der Waals surface area (Å²) in [5.41, 5.74) is 9.71. The van der Waals surface area contributed by atoms with Crippen LogP contribution in [0.2, 0.25) is 5.02 Å². The van der Waals surface area contributed by atoms with E-state index in [9.17, 15) is 4.79 Å². The van der Waals surface area contributed by atoms with Crippen LogP contribution >= 0.6 is 11.6 Å². The first-order valence-corrected chi connectivity index (χ1v) is 10.3. The zero-order valence-corrected chi connectivity index (χ0v) is 16.7. The van der Waals surface area contributed by atoms with Gasteiger partial charge in [-0.15, -0.1) is 0 Å². The molecule has 0 bridgehead atoms. The number of nitrogens with zero attached hydrogens (tertiary/aromatic N) is 3. The summed E-state index contributed by atoms with van der Waals surface area (Å²) >= 11 is 6.55. The summed E-state index contributed by atoms with van der Waals surface area (Å²) < 4.78 is 5.43. The molecule has 7 nitrogen and oxygen atoms in total. The van der Waals surface area contributed by atoms with Crippen LogP contribution in [-0.2, 0) is 9.53 Å². The lowest BCUT2D eigenvalue weighted by molar-refractivity contribution is -0.116. The van der Waals surface area contributed by atoms with Crippen molar-refractivity contribution in [2.75, 3.05) is 42.3 Å². The van der Waals surface area contributed by atoms with Crippen LogP contribution in [0.15, 0.2) is 35.5 Å². The summed E-state index contributed by atoms with van der Waals surface area (Å²) in [4.78, 5) is 24.4. The number of nitrogens with two attached hydrogens (primary N) is 1. The molecule has 1 atom stereocenters. The second-order valence-electron chi connectivity index (χ2n) is 7.52. The zero-order chi connectivity index (χ0) is 20.0. The first-order chi connectivity index (χ1) is 14.1. The Bertz CT molecular complexity index is 1020. The first kappa shape index (κ1) is 18.4. The highest BCUT2D eigenvalue weighted by molar-refractivity contribution is 6.31. The van der Waals surface area contributed by atoms with Crippen molar-refractivity contribution >= 4 is 35.0 Å². The third kappa shape index (κ3) is 3.14. The minimum atomic E-state index is -0.360. The second-order valence-corrected chi connectivity index (χ2v) is 7.93. The lowest BCUT2D eigenvalue weighted by Crippen LogP contribution is -2.38. The number of ether oxygens (including phenoxy) is 1. The monoisotopic (exact) mass is 411 g/mol. The number of anilines is 3. The number of carbonyl (C=O) groups is 1. The fourth-order valence-electron chi connectivity index (χ4n) is 4.40. The molecule has 0 unspecified atom stereocenters. The number of allylic oxidation sites excluding steroid dienone is 2. The number of ketones is 1. The minimum Gasteiger partial charge on any atom is -0.383 e. The number of hydrogen-bond acceptors (Lipinski definition) is 7. The molecule has 1 aliphatic carbocycles. The molecule has 1 aromatic heterocycles. The predicted octanol–water partition coefficient (Wildman–Crippen LogP) is 3.11. The Kier molecular flexibility index (Phi) is 4.64. The number of benzene rings is 1. The van der Waals surface area contributed by atoms with Gasteiger partial charge in [-0.25, -0.2) is 0 Å². The van der Waals surface area contributed by atoms with Crippen LogP contribution in [-0.4, -0.2) is 42.1 Å². The fourth-order valence-corrected chi connectivity index (χ4v) is 4.64. The van der Waals surface area contributed by atoms with Gasteiger partial charge in [0.05, 0.1) is 13.2 Å². The van der Waals surface area contributed by atoms with Crippen LogP contribution in [0.4, 0.5) is 17.6 Å².